The SMILES string of the molecule is COc1cc(O)c(C=O)c(C(=O)O)c1C. The van der Waals surface area contributed by atoms with E-state index in [0.29, 0.717) is 11.8 Å². The molecule has 0 unspecified atom stereocenters. The summed E-state index contributed by atoms with van der Waals surface area (Å²) < 4.78 is 4.88. The summed E-state index contributed by atoms with van der Waals surface area (Å²) >= 11 is 0. The third-order valence-corrected chi connectivity index (χ3v) is 2.11. The van der Waals surface area contributed by atoms with Crippen molar-refractivity contribution >= 4 is 12.3 Å². The molecule has 80 valence electrons. The zero-order valence-electron chi connectivity index (χ0n) is 8.27. The summed E-state index contributed by atoms with van der Waals surface area (Å²) in [6.45, 7) is 1.51. The molecule has 0 fully saturated rings. The minimum Gasteiger partial charge on any atom is -0.507 e. The number of hydrogen-bond acceptors (Lipinski definition) is 4. The number of hydrogen-bond donors (Lipinski definition) is 2. The molecule has 0 aliphatic rings. The molecule has 0 amide bonds. The van der Waals surface area contributed by atoms with Crippen LogP contribution < -0.4 is 4.74 Å². The first-order valence-electron chi connectivity index (χ1n) is 4.12. The lowest BCUT2D eigenvalue weighted by molar-refractivity contribution is 0.0692. The molecule has 0 aliphatic carbocycles. The van der Waals surface area contributed by atoms with Gasteiger partial charge < -0.3 is 14.9 Å². The Labute approximate surface area is 85.9 Å². The Hall–Kier alpha value is -2.04. The Bertz CT molecular complexity index is 422. The van der Waals surface area contributed by atoms with Gasteiger partial charge in [-0.15, -0.1) is 0 Å². The van der Waals surface area contributed by atoms with Gasteiger partial charge in [0, 0.05) is 11.6 Å². The molecule has 1 aromatic carbocycles. The quantitative estimate of drug-likeness (QED) is 0.733. The molecule has 0 heterocycles. The highest BCUT2D eigenvalue weighted by molar-refractivity contribution is 6.01. The van der Waals surface area contributed by atoms with Crippen molar-refractivity contribution in [1.82, 2.24) is 0 Å². The first-order valence-corrected chi connectivity index (χ1v) is 4.12. The standard InChI is InChI=1S/C10H10O5/c1-5-8(15-2)3-7(12)6(4-11)9(5)10(13)14/h3-4,12H,1-2H3,(H,13,14). The van der Waals surface area contributed by atoms with E-state index in [2.05, 4.69) is 0 Å². The molecule has 0 saturated carbocycles. The number of rotatable bonds is 3. The number of aldehydes is 1. The molecule has 0 aliphatic heterocycles. The van der Waals surface area contributed by atoms with E-state index in [1.165, 1.54) is 20.1 Å². The molecule has 0 radical (unpaired) electrons. The molecule has 0 aromatic heterocycles. The second-order valence-corrected chi connectivity index (χ2v) is 2.93. The zero-order valence-corrected chi connectivity index (χ0v) is 8.27. The van der Waals surface area contributed by atoms with Crippen molar-refractivity contribution in [2.24, 2.45) is 0 Å². The summed E-state index contributed by atoms with van der Waals surface area (Å²) in [5.41, 5.74) is -0.160. The van der Waals surface area contributed by atoms with Gasteiger partial charge in [-0.05, 0) is 6.92 Å². The van der Waals surface area contributed by atoms with Gasteiger partial charge in [0.05, 0.1) is 18.2 Å². The summed E-state index contributed by atoms with van der Waals surface area (Å²) in [5, 5.41) is 18.3. The lowest BCUT2D eigenvalue weighted by Crippen LogP contribution is -2.06. The Morgan fingerprint density at radius 3 is 2.53 bits per heavy atom. The lowest BCUT2D eigenvalue weighted by Gasteiger charge is -2.11. The number of phenols is 1. The molecular formula is C10H10O5. The first-order chi connectivity index (χ1) is 7.02. The zero-order chi connectivity index (χ0) is 11.6. The largest absolute Gasteiger partial charge is 0.507 e. The summed E-state index contributed by atoms with van der Waals surface area (Å²) in [5.74, 6) is -1.44. The average Bonchev–Trinajstić information content (AvgIpc) is 2.19. The fraction of sp³-hybridized carbons (Fsp3) is 0.200. The van der Waals surface area contributed by atoms with E-state index in [9.17, 15) is 14.7 Å². The van der Waals surface area contributed by atoms with Crippen LogP contribution in [0.4, 0.5) is 0 Å². The molecule has 0 atom stereocenters. The van der Waals surface area contributed by atoms with E-state index in [4.69, 9.17) is 9.84 Å². The third-order valence-electron chi connectivity index (χ3n) is 2.11. The molecule has 0 spiro atoms. The summed E-state index contributed by atoms with van der Waals surface area (Å²) in [4.78, 5) is 21.5. The normalized spacial score (nSPS) is 9.73. The molecule has 5 heteroatoms. The van der Waals surface area contributed by atoms with Crippen molar-refractivity contribution in [3.05, 3.63) is 22.8 Å². The molecule has 1 rings (SSSR count). The van der Waals surface area contributed by atoms with Crippen LogP contribution in [-0.4, -0.2) is 29.6 Å². The topological polar surface area (TPSA) is 83.8 Å². The van der Waals surface area contributed by atoms with E-state index in [1.54, 1.807) is 0 Å². The number of ether oxygens (including phenoxy) is 1. The second kappa shape index (κ2) is 4.00. The van der Waals surface area contributed by atoms with Crippen LogP contribution in [0.15, 0.2) is 6.07 Å². The number of carboxylic acid groups (broad SMARTS) is 1. The fourth-order valence-electron chi connectivity index (χ4n) is 1.37. The molecule has 1 aromatic rings. The Kier molecular flexibility index (Phi) is 2.94. The van der Waals surface area contributed by atoms with Crippen LogP contribution in [0.25, 0.3) is 0 Å². The van der Waals surface area contributed by atoms with Crippen LogP contribution in [0.3, 0.4) is 0 Å². The number of carbonyl (C=O) groups excluding carboxylic acids is 1. The first kappa shape index (κ1) is 11.0. The fourth-order valence-corrected chi connectivity index (χ4v) is 1.37. The van der Waals surface area contributed by atoms with Gasteiger partial charge in [0.1, 0.15) is 11.5 Å². The summed E-state index contributed by atoms with van der Waals surface area (Å²) in [6, 6.07) is 1.21. The van der Waals surface area contributed by atoms with Crippen LogP contribution in [-0.2, 0) is 0 Å². The van der Waals surface area contributed by atoms with Gasteiger partial charge in [-0.3, -0.25) is 4.79 Å². The molecular weight excluding hydrogens is 200 g/mol. The molecule has 0 saturated heterocycles. The number of aromatic hydroxyl groups is 1. The maximum atomic E-state index is 10.9. The Morgan fingerprint density at radius 1 is 1.53 bits per heavy atom. The predicted octanol–water partition coefficient (Wildman–Crippen LogP) is 1.22. The molecule has 2 N–H and O–H groups in total. The van der Waals surface area contributed by atoms with Crippen LogP contribution >= 0.6 is 0 Å². The van der Waals surface area contributed by atoms with Crippen LogP contribution in [0.5, 0.6) is 11.5 Å². The number of benzene rings is 1. The highest BCUT2D eigenvalue weighted by Gasteiger charge is 2.20. The summed E-state index contributed by atoms with van der Waals surface area (Å²) in [6.07, 6.45) is 0.311. The number of methoxy groups -OCH3 is 1. The minimum atomic E-state index is -1.27. The average molecular weight is 210 g/mol. The van der Waals surface area contributed by atoms with Gasteiger partial charge in [0.25, 0.3) is 0 Å². The monoisotopic (exact) mass is 210 g/mol. The molecule has 0 bridgehead atoms. The van der Waals surface area contributed by atoms with E-state index < -0.39 is 11.7 Å². The highest BCUT2D eigenvalue weighted by Crippen LogP contribution is 2.31. The molecule has 5 nitrogen and oxygen atoms in total. The van der Waals surface area contributed by atoms with E-state index in [-0.39, 0.29) is 16.9 Å². The second-order valence-electron chi connectivity index (χ2n) is 2.93. The van der Waals surface area contributed by atoms with Gasteiger partial charge in [0.2, 0.25) is 0 Å². The number of carboxylic acids is 1. The van der Waals surface area contributed by atoms with Crippen molar-refractivity contribution < 1.29 is 24.5 Å². The number of aromatic carboxylic acids is 1. The van der Waals surface area contributed by atoms with Crippen LogP contribution in [0, 0.1) is 6.92 Å². The van der Waals surface area contributed by atoms with Crippen LogP contribution in [0.2, 0.25) is 0 Å². The van der Waals surface area contributed by atoms with Gasteiger partial charge in [-0.2, -0.15) is 0 Å². The van der Waals surface area contributed by atoms with Crippen molar-refractivity contribution in [3.63, 3.8) is 0 Å². The smallest absolute Gasteiger partial charge is 0.336 e. The number of phenolic OH excluding ortho intramolecular Hbond substituents is 1. The lowest BCUT2D eigenvalue weighted by atomic mass is 10.0. The third kappa shape index (κ3) is 1.76. The minimum absolute atomic E-state index is 0.232. The van der Waals surface area contributed by atoms with Gasteiger partial charge in [0.15, 0.2) is 6.29 Å². The predicted molar refractivity (Wildman–Crippen MR) is 51.7 cm³/mol. The van der Waals surface area contributed by atoms with Gasteiger partial charge >= 0.3 is 5.97 Å². The maximum Gasteiger partial charge on any atom is 0.336 e. The molecule has 15 heavy (non-hydrogen) atoms. The summed E-state index contributed by atoms with van der Waals surface area (Å²) in [7, 11) is 1.36. The van der Waals surface area contributed by atoms with Crippen molar-refractivity contribution in [3.8, 4) is 11.5 Å². The van der Waals surface area contributed by atoms with E-state index in [1.807, 2.05) is 0 Å². The highest BCUT2D eigenvalue weighted by atomic mass is 16.5. The van der Waals surface area contributed by atoms with Crippen LogP contribution in [0.1, 0.15) is 26.3 Å². The maximum absolute atomic E-state index is 10.9. The Balaban J connectivity index is 3.62. The van der Waals surface area contributed by atoms with Crippen molar-refractivity contribution in [1.29, 1.82) is 0 Å². The Morgan fingerprint density at radius 2 is 2.13 bits per heavy atom. The van der Waals surface area contributed by atoms with Gasteiger partial charge in [-0.25, -0.2) is 4.79 Å². The number of carbonyl (C=O) groups is 2. The van der Waals surface area contributed by atoms with Crippen molar-refractivity contribution in [2.75, 3.05) is 7.11 Å². The van der Waals surface area contributed by atoms with Crippen molar-refractivity contribution in [2.45, 2.75) is 6.92 Å². The van der Waals surface area contributed by atoms with E-state index >= 15 is 0 Å². The van der Waals surface area contributed by atoms with E-state index in [0.717, 1.165) is 0 Å². The van der Waals surface area contributed by atoms with Gasteiger partial charge in [-0.1, -0.05) is 0 Å².